The van der Waals surface area contributed by atoms with Crippen LogP contribution in [0.2, 0.25) is 0 Å². The number of carbonyl (C=O) groups is 2. The van der Waals surface area contributed by atoms with Gasteiger partial charge in [-0.3, -0.25) is 9.59 Å². The molecule has 2 amide bonds. The van der Waals surface area contributed by atoms with E-state index >= 15 is 0 Å². The molecular formula is C23H27N7O3S. The van der Waals surface area contributed by atoms with Crippen molar-refractivity contribution >= 4 is 34.5 Å². The Morgan fingerprint density at radius 2 is 2.15 bits per heavy atom. The molecule has 178 valence electrons. The van der Waals surface area contributed by atoms with Crippen molar-refractivity contribution in [3.63, 3.8) is 0 Å². The second-order valence-corrected chi connectivity index (χ2v) is 9.05. The van der Waals surface area contributed by atoms with Crippen LogP contribution in [0.15, 0.2) is 36.7 Å². The summed E-state index contributed by atoms with van der Waals surface area (Å²) in [5.74, 6) is -0.312. The number of primary amides is 1. The number of anilines is 2. The predicted octanol–water partition coefficient (Wildman–Crippen LogP) is 2.67. The van der Waals surface area contributed by atoms with Gasteiger partial charge in [0, 0.05) is 12.6 Å². The van der Waals surface area contributed by atoms with Gasteiger partial charge in [-0.15, -0.1) is 16.4 Å². The summed E-state index contributed by atoms with van der Waals surface area (Å²) < 4.78 is 5.65. The van der Waals surface area contributed by atoms with Crippen molar-refractivity contribution in [3.05, 3.63) is 47.2 Å². The maximum absolute atomic E-state index is 12.7. The molecule has 4 rings (SSSR count). The number of nitrogens with zero attached hydrogens (tertiary/aromatic N) is 4. The molecule has 0 bridgehead atoms. The number of para-hydroxylation sites is 1. The lowest BCUT2D eigenvalue weighted by molar-refractivity contribution is 0.0952. The molecule has 1 aliphatic heterocycles. The van der Waals surface area contributed by atoms with Crippen LogP contribution in [0, 0.1) is 0 Å². The molecule has 4 N–H and O–H groups in total. The maximum Gasteiger partial charge on any atom is 0.271 e. The zero-order valence-electron chi connectivity index (χ0n) is 19.1. The van der Waals surface area contributed by atoms with Crippen LogP contribution in [-0.2, 0) is 0 Å². The molecule has 1 saturated heterocycles. The highest BCUT2D eigenvalue weighted by Gasteiger charge is 2.21. The van der Waals surface area contributed by atoms with Crippen LogP contribution in [0.3, 0.4) is 0 Å². The van der Waals surface area contributed by atoms with E-state index in [0.717, 1.165) is 13.0 Å². The number of benzene rings is 1. The number of thiazole rings is 1. The van der Waals surface area contributed by atoms with Crippen LogP contribution in [0.4, 0.5) is 11.4 Å². The van der Waals surface area contributed by atoms with E-state index in [1.165, 1.54) is 30.4 Å². The summed E-state index contributed by atoms with van der Waals surface area (Å²) in [5.41, 5.74) is 7.14. The lowest BCUT2D eigenvalue weighted by Gasteiger charge is -2.19. The Labute approximate surface area is 201 Å². The van der Waals surface area contributed by atoms with Crippen LogP contribution >= 0.6 is 11.3 Å². The molecule has 0 aliphatic carbocycles. The van der Waals surface area contributed by atoms with Gasteiger partial charge in [-0.1, -0.05) is 6.07 Å². The normalized spacial score (nSPS) is 15.8. The number of nitrogens with one attached hydrogen (secondary N) is 2. The molecule has 1 unspecified atom stereocenters. The zero-order valence-corrected chi connectivity index (χ0v) is 19.9. The summed E-state index contributed by atoms with van der Waals surface area (Å²) in [7, 11) is 3.68. The van der Waals surface area contributed by atoms with E-state index in [0.29, 0.717) is 45.2 Å². The first-order valence-corrected chi connectivity index (χ1v) is 11.8. The first-order valence-electron chi connectivity index (χ1n) is 11.0. The Kier molecular flexibility index (Phi) is 7.33. The van der Waals surface area contributed by atoms with Gasteiger partial charge in [0.05, 0.1) is 36.4 Å². The fraction of sp³-hybridized carbons (Fsp3) is 0.348. The standard InChI is InChI=1S/C23H27N7O3S/c1-30-12-4-5-14(30)8-10-25-22(32)18-13-26-23(34-18)15-6-3-7-17(20(15)33-2)28-16-9-11-27-29-19(16)21(24)31/h3,6-7,9,11,13-14H,4-5,8,10,12H2,1-2H3,(H2,24,31)(H,25,32)(H,27,28). The summed E-state index contributed by atoms with van der Waals surface area (Å²) in [6.07, 6.45) is 6.37. The van der Waals surface area contributed by atoms with Crippen LogP contribution in [0.5, 0.6) is 5.75 Å². The number of aromatic nitrogens is 3. The summed E-state index contributed by atoms with van der Waals surface area (Å²) in [6.45, 7) is 1.75. The summed E-state index contributed by atoms with van der Waals surface area (Å²) in [4.78, 5) is 31.7. The monoisotopic (exact) mass is 481 g/mol. The lowest BCUT2D eigenvalue weighted by Crippen LogP contribution is -2.31. The van der Waals surface area contributed by atoms with Gasteiger partial charge in [-0.2, -0.15) is 5.10 Å². The topological polar surface area (TPSA) is 135 Å². The van der Waals surface area contributed by atoms with Crippen LogP contribution in [-0.4, -0.2) is 65.2 Å². The van der Waals surface area contributed by atoms with E-state index < -0.39 is 5.91 Å². The van der Waals surface area contributed by atoms with Crippen LogP contribution in [0.1, 0.15) is 39.4 Å². The van der Waals surface area contributed by atoms with Crippen LogP contribution < -0.4 is 21.1 Å². The minimum atomic E-state index is -0.694. The van der Waals surface area contributed by atoms with Gasteiger partial charge in [0.25, 0.3) is 11.8 Å². The highest BCUT2D eigenvalue weighted by Crippen LogP contribution is 2.39. The number of amides is 2. The number of hydrogen-bond donors (Lipinski definition) is 3. The van der Waals surface area contributed by atoms with Crippen molar-refractivity contribution in [2.75, 3.05) is 32.6 Å². The largest absolute Gasteiger partial charge is 0.494 e. The number of ether oxygens (including phenoxy) is 1. The van der Waals surface area contributed by atoms with E-state index in [2.05, 4.69) is 37.8 Å². The molecule has 1 atom stereocenters. The quantitative estimate of drug-likeness (QED) is 0.424. The first-order chi connectivity index (χ1) is 16.5. The van der Waals surface area contributed by atoms with Crippen molar-refractivity contribution in [3.8, 4) is 16.3 Å². The molecule has 1 fully saturated rings. The van der Waals surface area contributed by atoms with Crippen molar-refractivity contribution in [2.45, 2.75) is 25.3 Å². The van der Waals surface area contributed by atoms with E-state index in [9.17, 15) is 9.59 Å². The number of carbonyl (C=O) groups excluding carboxylic acids is 2. The van der Waals surface area contributed by atoms with E-state index in [1.54, 1.807) is 25.4 Å². The fourth-order valence-electron chi connectivity index (χ4n) is 4.07. The molecular weight excluding hydrogens is 454 g/mol. The molecule has 1 aromatic carbocycles. The molecule has 3 aromatic rings. The van der Waals surface area contributed by atoms with Gasteiger partial charge in [0.2, 0.25) is 0 Å². The molecule has 34 heavy (non-hydrogen) atoms. The predicted molar refractivity (Wildman–Crippen MR) is 131 cm³/mol. The third-order valence-electron chi connectivity index (χ3n) is 5.84. The van der Waals surface area contributed by atoms with E-state index in [-0.39, 0.29) is 11.6 Å². The average Bonchev–Trinajstić information content (AvgIpc) is 3.48. The molecule has 0 spiro atoms. The third-order valence-corrected chi connectivity index (χ3v) is 6.87. The van der Waals surface area contributed by atoms with Crippen molar-refractivity contribution in [1.82, 2.24) is 25.4 Å². The second-order valence-electron chi connectivity index (χ2n) is 8.02. The molecule has 3 heterocycles. The average molecular weight is 482 g/mol. The minimum absolute atomic E-state index is 0.0203. The van der Waals surface area contributed by atoms with Crippen molar-refractivity contribution in [2.24, 2.45) is 5.73 Å². The van der Waals surface area contributed by atoms with Crippen molar-refractivity contribution in [1.29, 1.82) is 0 Å². The van der Waals surface area contributed by atoms with Gasteiger partial charge in [0.1, 0.15) is 9.88 Å². The highest BCUT2D eigenvalue weighted by atomic mass is 32.1. The zero-order chi connectivity index (χ0) is 24.1. The van der Waals surface area contributed by atoms with Gasteiger partial charge in [0.15, 0.2) is 11.4 Å². The summed E-state index contributed by atoms with van der Waals surface area (Å²) in [5, 5.41) is 14.3. The van der Waals surface area contributed by atoms with E-state index in [4.69, 9.17) is 10.5 Å². The summed E-state index contributed by atoms with van der Waals surface area (Å²) in [6, 6.07) is 7.63. The van der Waals surface area contributed by atoms with Gasteiger partial charge < -0.3 is 26.0 Å². The SMILES string of the molecule is COc1c(Nc2ccnnc2C(N)=O)cccc1-c1ncc(C(=O)NCCC2CCCN2C)s1. The molecule has 10 nitrogen and oxygen atoms in total. The smallest absolute Gasteiger partial charge is 0.271 e. The first kappa shape index (κ1) is 23.6. The van der Waals surface area contributed by atoms with Crippen LogP contribution in [0.25, 0.3) is 10.6 Å². The Balaban J connectivity index is 1.49. The minimum Gasteiger partial charge on any atom is -0.494 e. The molecule has 1 aliphatic rings. The third kappa shape index (κ3) is 5.15. The maximum atomic E-state index is 12.7. The van der Waals surface area contributed by atoms with Gasteiger partial charge >= 0.3 is 0 Å². The Hall–Kier alpha value is -3.57. The number of methoxy groups -OCH3 is 1. The number of nitrogens with two attached hydrogens (primary N) is 1. The summed E-state index contributed by atoms with van der Waals surface area (Å²) >= 11 is 1.29. The number of likely N-dealkylation sites (tertiary alicyclic amines) is 1. The highest BCUT2D eigenvalue weighted by molar-refractivity contribution is 7.17. The molecule has 2 aromatic heterocycles. The lowest BCUT2D eigenvalue weighted by atomic mass is 10.1. The number of rotatable bonds is 9. The van der Waals surface area contributed by atoms with Gasteiger partial charge in [-0.05, 0) is 51.1 Å². The Morgan fingerprint density at radius 3 is 2.88 bits per heavy atom. The molecule has 11 heteroatoms. The Bertz CT molecular complexity index is 1180. The van der Waals surface area contributed by atoms with E-state index in [1.807, 2.05) is 12.1 Å². The van der Waals surface area contributed by atoms with Crippen molar-refractivity contribution < 1.29 is 14.3 Å². The molecule has 0 radical (unpaired) electrons. The second kappa shape index (κ2) is 10.6. The van der Waals surface area contributed by atoms with Gasteiger partial charge in [-0.25, -0.2) is 4.98 Å². The fourth-order valence-corrected chi connectivity index (χ4v) is 4.93. The molecule has 0 saturated carbocycles. The number of hydrogen-bond acceptors (Lipinski definition) is 9. The Morgan fingerprint density at radius 1 is 1.29 bits per heavy atom.